The lowest BCUT2D eigenvalue weighted by atomic mass is 10.1. The molecule has 0 aromatic carbocycles. The van der Waals surface area contributed by atoms with Crippen molar-refractivity contribution in [1.82, 2.24) is 20.5 Å². The lowest BCUT2D eigenvalue weighted by molar-refractivity contribution is -0.139. The SMILES string of the molecule is CSCC[C@H](NC(=O)c1csc([C@@H]2CCCN2C(=O)[C@H](CCCN=C(N)N)NC(C)=O)n1)C(=O)O. The normalized spacial score (nSPS) is 16.9. The first-order valence-electron chi connectivity index (χ1n) is 11.2. The summed E-state index contributed by atoms with van der Waals surface area (Å²) in [5.41, 5.74) is 10.8. The van der Waals surface area contributed by atoms with Crippen LogP contribution in [0.2, 0.25) is 0 Å². The number of amides is 3. The zero-order chi connectivity index (χ0) is 26.0. The minimum Gasteiger partial charge on any atom is -0.480 e. The first-order valence-corrected chi connectivity index (χ1v) is 13.5. The fourth-order valence-corrected chi connectivity index (χ4v) is 5.18. The van der Waals surface area contributed by atoms with Gasteiger partial charge in [0.1, 0.15) is 22.8 Å². The van der Waals surface area contributed by atoms with Crippen LogP contribution in [0.5, 0.6) is 0 Å². The van der Waals surface area contributed by atoms with Gasteiger partial charge in [-0.2, -0.15) is 11.8 Å². The summed E-state index contributed by atoms with van der Waals surface area (Å²) in [7, 11) is 0. The molecule has 35 heavy (non-hydrogen) atoms. The van der Waals surface area contributed by atoms with Crippen molar-refractivity contribution < 1.29 is 24.3 Å². The van der Waals surface area contributed by atoms with E-state index in [0.29, 0.717) is 49.5 Å². The van der Waals surface area contributed by atoms with Crippen LogP contribution in [0, 0.1) is 0 Å². The van der Waals surface area contributed by atoms with Gasteiger partial charge in [0.05, 0.1) is 6.04 Å². The average Bonchev–Trinajstić information content (AvgIpc) is 3.47. The van der Waals surface area contributed by atoms with Crippen molar-refractivity contribution in [3.05, 3.63) is 16.1 Å². The molecule has 0 aliphatic carbocycles. The molecule has 1 aromatic rings. The van der Waals surface area contributed by atoms with E-state index in [0.717, 1.165) is 6.42 Å². The molecule has 7 N–H and O–H groups in total. The van der Waals surface area contributed by atoms with Crippen molar-refractivity contribution in [2.75, 3.05) is 25.1 Å². The van der Waals surface area contributed by atoms with E-state index in [9.17, 15) is 24.3 Å². The number of hydrogen-bond acceptors (Lipinski definition) is 8. The van der Waals surface area contributed by atoms with Gasteiger partial charge in [-0.1, -0.05) is 0 Å². The fourth-order valence-electron chi connectivity index (χ4n) is 3.76. The van der Waals surface area contributed by atoms with Crippen LogP contribution in [-0.2, 0) is 14.4 Å². The Labute approximate surface area is 212 Å². The zero-order valence-electron chi connectivity index (χ0n) is 19.9. The molecule has 1 aliphatic rings. The monoisotopic (exact) mass is 527 g/mol. The Hall–Kier alpha value is -2.87. The summed E-state index contributed by atoms with van der Waals surface area (Å²) < 4.78 is 0. The maximum atomic E-state index is 13.3. The van der Waals surface area contributed by atoms with Gasteiger partial charge in [-0.25, -0.2) is 9.78 Å². The smallest absolute Gasteiger partial charge is 0.326 e. The Balaban J connectivity index is 2.10. The Morgan fingerprint density at radius 2 is 2.03 bits per heavy atom. The number of carbonyl (C=O) groups excluding carboxylic acids is 3. The van der Waals surface area contributed by atoms with E-state index in [-0.39, 0.29) is 29.5 Å². The summed E-state index contributed by atoms with van der Waals surface area (Å²) in [5, 5.41) is 16.7. The number of hydrogen-bond donors (Lipinski definition) is 5. The van der Waals surface area contributed by atoms with Crippen LogP contribution in [0.3, 0.4) is 0 Å². The van der Waals surface area contributed by atoms with Crippen molar-refractivity contribution in [2.45, 2.75) is 57.2 Å². The minimum absolute atomic E-state index is 0.0328. The van der Waals surface area contributed by atoms with Crippen LogP contribution < -0.4 is 22.1 Å². The summed E-state index contributed by atoms with van der Waals surface area (Å²) in [6.07, 6.45) is 4.48. The molecule has 1 aliphatic heterocycles. The van der Waals surface area contributed by atoms with Gasteiger partial charge in [0, 0.05) is 25.4 Å². The highest BCUT2D eigenvalue weighted by Crippen LogP contribution is 2.34. The number of guanidine groups is 1. The van der Waals surface area contributed by atoms with E-state index < -0.39 is 24.0 Å². The maximum absolute atomic E-state index is 13.3. The number of nitrogens with two attached hydrogens (primary N) is 2. The number of aliphatic imine (C=N–C) groups is 1. The summed E-state index contributed by atoms with van der Waals surface area (Å²) in [4.78, 5) is 59.1. The highest BCUT2D eigenvalue weighted by atomic mass is 32.2. The summed E-state index contributed by atoms with van der Waals surface area (Å²) in [6.45, 7) is 2.20. The number of nitrogens with one attached hydrogen (secondary N) is 2. The quantitative estimate of drug-likeness (QED) is 0.136. The largest absolute Gasteiger partial charge is 0.480 e. The van der Waals surface area contributed by atoms with Gasteiger partial charge >= 0.3 is 5.97 Å². The van der Waals surface area contributed by atoms with E-state index in [1.54, 1.807) is 10.3 Å². The van der Waals surface area contributed by atoms with Crippen molar-refractivity contribution in [2.24, 2.45) is 16.5 Å². The van der Waals surface area contributed by atoms with E-state index in [4.69, 9.17) is 11.5 Å². The molecule has 1 aromatic heterocycles. The van der Waals surface area contributed by atoms with Crippen LogP contribution in [0.4, 0.5) is 0 Å². The van der Waals surface area contributed by atoms with Crippen LogP contribution in [0.15, 0.2) is 10.4 Å². The number of likely N-dealkylation sites (tertiary alicyclic amines) is 1. The lowest BCUT2D eigenvalue weighted by Crippen LogP contribution is -2.47. The molecule has 3 amide bonds. The summed E-state index contributed by atoms with van der Waals surface area (Å²) in [5.74, 6) is -1.64. The van der Waals surface area contributed by atoms with E-state index in [1.165, 1.54) is 30.0 Å². The number of rotatable bonds is 13. The van der Waals surface area contributed by atoms with E-state index >= 15 is 0 Å². The topological polar surface area (TPSA) is 193 Å². The molecule has 12 nitrogen and oxygen atoms in total. The second kappa shape index (κ2) is 13.9. The Morgan fingerprint density at radius 3 is 2.66 bits per heavy atom. The standard InChI is InChI=1S/C21H33N7O5S2/c1-12(29)25-13(5-3-8-24-21(22)23)19(31)28-9-4-6-16(28)18-27-15(11-35-18)17(30)26-14(20(32)33)7-10-34-2/h11,13-14,16H,3-10H2,1-2H3,(H,25,29)(H,26,30)(H,32,33)(H4,22,23,24)/t13-,14-,16-/m0/s1. The first-order chi connectivity index (χ1) is 16.6. The highest BCUT2D eigenvalue weighted by molar-refractivity contribution is 7.98. The predicted octanol–water partition coefficient (Wildman–Crippen LogP) is 0.301. The zero-order valence-corrected chi connectivity index (χ0v) is 21.5. The van der Waals surface area contributed by atoms with Gasteiger partial charge in [-0.3, -0.25) is 19.4 Å². The number of carboxylic acids is 1. The van der Waals surface area contributed by atoms with Gasteiger partial charge in [-0.05, 0) is 44.1 Å². The molecule has 1 saturated heterocycles. The predicted molar refractivity (Wildman–Crippen MR) is 135 cm³/mol. The van der Waals surface area contributed by atoms with E-state index in [1.807, 2.05) is 6.26 Å². The van der Waals surface area contributed by atoms with E-state index in [2.05, 4.69) is 20.6 Å². The molecule has 0 spiro atoms. The van der Waals surface area contributed by atoms with Crippen LogP contribution in [-0.4, -0.2) is 81.8 Å². The van der Waals surface area contributed by atoms with Crippen LogP contribution in [0.1, 0.15) is 60.6 Å². The Bertz CT molecular complexity index is 935. The molecule has 14 heteroatoms. The number of aliphatic carboxylic acids is 1. The van der Waals surface area contributed by atoms with Gasteiger partial charge in [-0.15, -0.1) is 11.3 Å². The number of thioether (sulfide) groups is 1. The molecule has 194 valence electrons. The van der Waals surface area contributed by atoms with Crippen LogP contribution in [0.25, 0.3) is 0 Å². The third kappa shape index (κ3) is 8.69. The molecule has 2 heterocycles. The lowest BCUT2D eigenvalue weighted by Gasteiger charge is -2.28. The Morgan fingerprint density at radius 1 is 1.29 bits per heavy atom. The molecule has 2 rings (SSSR count). The average molecular weight is 528 g/mol. The van der Waals surface area contributed by atoms with Crippen molar-refractivity contribution in [1.29, 1.82) is 0 Å². The van der Waals surface area contributed by atoms with Gasteiger partial charge in [0.15, 0.2) is 5.96 Å². The number of thiazole rings is 1. The maximum Gasteiger partial charge on any atom is 0.326 e. The molecule has 1 fully saturated rings. The van der Waals surface area contributed by atoms with Gasteiger partial charge in [0.25, 0.3) is 5.91 Å². The number of carboxylic acid groups (broad SMARTS) is 1. The van der Waals surface area contributed by atoms with Crippen molar-refractivity contribution in [3.8, 4) is 0 Å². The number of carbonyl (C=O) groups is 4. The second-order valence-electron chi connectivity index (χ2n) is 8.11. The third-order valence-corrected chi connectivity index (χ3v) is 7.00. The second-order valence-corrected chi connectivity index (χ2v) is 9.98. The van der Waals surface area contributed by atoms with Crippen LogP contribution >= 0.6 is 23.1 Å². The number of nitrogens with zero attached hydrogens (tertiary/aromatic N) is 3. The highest BCUT2D eigenvalue weighted by Gasteiger charge is 2.36. The fraction of sp³-hybridized carbons (Fsp3) is 0.619. The van der Waals surface area contributed by atoms with Gasteiger partial charge < -0.3 is 32.1 Å². The first kappa shape index (κ1) is 28.4. The Kier molecular flexibility index (Phi) is 11.2. The molecule has 0 unspecified atom stereocenters. The van der Waals surface area contributed by atoms with Gasteiger partial charge in [0.2, 0.25) is 11.8 Å². The summed E-state index contributed by atoms with van der Waals surface area (Å²) >= 11 is 2.75. The third-order valence-electron chi connectivity index (χ3n) is 5.41. The van der Waals surface area contributed by atoms with Crippen molar-refractivity contribution in [3.63, 3.8) is 0 Å². The minimum atomic E-state index is -1.10. The summed E-state index contributed by atoms with van der Waals surface area (Å²) in [6, 6.07) is -2.05. The number of aromatic nitrogens is 1. The molecule has 0 bridgehead atoms. The molecule has 0 radical (unpaired) electrons. The molecule has 3 atom stereocenters. The van der Waals surface area contributed by atoms with Crippen molar-refractivity contribution >= 4 is 52.7 Å². The molecular formula is C21H33N7O5S2. The molecule has 0 saturated carbocycles. The molecular weight excluding hydrogens is 494 g/mol.